The molecule has 0 aliphatic carbocycles. The summed E-state index contributed by atoms with van der Waals surface area (Å²) >= 11 is 1.42. The van der Waals surface area contributed by atoms with E-state index in [0.29, 0.717) is 0 Å². The van der Waals surface area contributed by atoms with Crippen LogP contribution < -0.4 is 0 Å². The van der Waals surface area contributed by atoms with Crippen molar-refractivity contribution in [2.24, 2.45) is 0 Å². The van der Waals surface area contributed by atoms with Crippen molar-refractivity contribution in [2.75, 3.05) is 0 Å². The smallest absolute Gasteiger partial charge is 0.147 e. The quantitative estimate of drug-likeness (QED) is 0.865. The molecule has 15 heavy (non-hydrogen) atoms. The van der Waals surface area contributed by atoms with E-state index in [1.54, 1.807) is 0 Å². The molecule has 0 saturated carbocycles. The number of rotatable bonds is 3. The van der Waals surface area contributed by atoms with Gasteiger partial charge in [-0.2, -0.15) is 4.37 Å². The SMILES string of the molecule is CCC(c1nc(C(C)(C)C)ns1)C(C)O. The van der Waals surface area contributed by atoms with E-state index in [4.69, 9.17) is 0 Å². The average Bonchev–Trinajstić information content (AvgIpc) is 2.52. The van der Waals surface area contributed by atoms with Gasteiger partial charge in [0.25, 0.3) is 0 Å². The maximum atomic E-state index is 9.62. The fraction of sp³-hybridized carbons (Fsp3) is 0.818. The van der Waals surface area contributed by atoms with Crippen LogP contribution in [0.15, 0.2) is 0 Å². The molecule has 86 valence electrons. The van der Waals surface area contributed by atoms with Crippen LogP contribution in [-0.2, 0) is 5.41 Å². The highest BCUT2D eigenvalue weighted by atomic mass is 32.1. The molecule has 1 N–H and O–H groups in total. The Morgan fingerprint density at radius 2 is 2.00 bits per heavy atom. The van der Waals surface area contributed by atoms with Gasteiger partial charge in [0.2, 0.25) is 0 Å². The molecule has 0 bridgehead atoms. The van der Waals surface area contributed by atoms with Gasteiger partial charge in [-0.1, -0.05) is 27.7 Å². The van der Waals surface area contributed by atoms with Crippen LogP contribution in [0.3, 0.4) is 0 Å². The maximum Gasteiger partial charge on any atom is 0.147 e. The summed E-state index contributed by atoms with van der Waals surface area (Å²) in [4.78, 5) is 4.52. The normalized spacial score (nSPS) is 16.4. The third kappa shape index (κ3) is 2.98. The molecular weight excluding hydrogens is 208 g/mol. The van der Waals surface area contributed by atoms with Gasteiger partial charge in [-0.25, -0.2) is 4.98 Å². The molecule has 1 aromatic rings. The van der Waals surface area contributed by atoms with Crippen molar-refractivity contribution >= 4 is 11.5 Å². The minimum atomic E-state index is -0.351. The van der Waals surface area contributed by atoms with E-state index in [0.717, 1.165) is 17.3 Å². The molecule has 1 rings (SSSR count). The van der Waals surface area contributed by atoms with Crippen LogP contribution >= 0.6 is 11.5 Å². The zero-order valence-corrected chi connectivity index (χ0v) is 10.9. The average molecular weight is 228 g/mol. The summed E-state index contributed by atoms with van der Waals surface area (Å²) in [5.41, 5.74) is -0.00820. The first-order valence-electron chi connectivity index (χ1n) is 5.38. The summed E-state index contributed by atoms with van der Waals surface area (Å²) in [5.74, 6) is 1.00. The van der Waals surface area contributed by atoms with Crippen molar-refractivity contribution in [3.05, 3.63) is 10.8 Å². The lowest BCUT2D eigenvalue weighted by molar-refractivity contribution is 0.159. The first-order valence-corrected chi connectivity index (χ1v) is 6.15. The zero-order chi connectivity index (χ0) is 11.6. The van der Waals surface area contributed by atoms with Gasteiger partial charge >= 0.3 is 0 Å². The molecule has 2 unspecified atom stereocenters. The summed E-state index contributed by atoms with van der Waals surface area (Å²) in [5, 5.41) is 10.6. The molecule has 1 heterocycles. The van der Waals surface area contributed by atoms with Gasteiger partial charge in [-0.05, 0) is 24.9 Å². The number of aliphatic hydroxyl groups excluding tert-OH is 1. The van der Waals surface area contributed by atoms with Gasteiger partial charge in [-0.3, -0.25) is 0 Å². The molecule has 0 amide bonds. The van der Waals surface area contributed by atoms with Crippen molar-refractivity contribution in [1.29, 1.82) is 0 Å². The van der Waals surface area contributed by atoms with Crippen LogP contribution in [0.2, 0.25) is 0 Å². The Balaban J connectivity index is 2.92. The fourth-order valence-corrected chi connectivity index (χ4v) is 2.53. The number of aliphatic hydroxyl groups is 1. The van der Waals surface area contributed by atoms with E-state index in [2.05, 4.69) is 37.1 Å². The first kappa shape index (κ1) is 12.6. The van der Waals surface area contributed by atoms with Crippen molar-refractivity contribution in [3.8, 4) is 0 Å². The largest absolute Gasteiger partial charge is 0.393 e. The van der Waals surface area contributed by atoms with Crippen molar-refractivity contribution in [3.63, 3.8) is 0 Å². The lowest BCUT2D eigenvalue weighted by Crippen LogP contribution is -2.16. The van der Waals surface area contributed by atoms with Gasteiger partial charge in [0.1, 0.15) is 10.8 Å². The number of hydrogen-bond donors (Lipinski definition) is 1. The third-order valence-corrected chi connectivity index (χ3v) is 3.30. The van der Waals surface area contributed by atoms with Crippen LogP contribution in [0.4, 0.5) is 0 Å². The predicted molar refractivity (Wildman–Crippen MR) is 63.3 cm³/mol. The lowest BCUT2D eigenvalue weighted by Gasteiger charge is -2.15. The van der Waals surface area contributed by atoms with E-state index in [-0.39, 0.29) is 17.4 Å². The number of hydrogen-bond acceptors (Lipinski definition) is 4. The molecule has 0 aromatic carbocycles. The Kier molecular flexibility index (Phi) is 3.84. The first-order chi connectivity index (χ1) is 6.86. The molecule has 4 heteroatoms. The standard InChI is InChI=1S/C11H20N2OS/c1-6-8(7(2)14)9-12-10(13-15-9)11(3,4)5/h7-8,14H,6H2,1-5H3. The van der Waals surface area contributed by atoms with Crippen LogP contribution in [0.5, 0.6) is 0 Å². The fourth-order valence-electron chi connectivity index (χ4n) is 1.41. The molecular formula is C11H20N2OS. The van der Waals surface area contributed by atoms with Gasteiger partial charge in [0, 0.05) is 11.3 Å². The zero-order valence-electron chi connectivity index (χ0n) is 10.1. The summed E-state index contributed by atoms with van der Waals surface area (Å²) < 4.78 is 4.36. The molecule has 0 aliphatic rings. The number of nitrogens with zero attached hydrogens (tertiary/aromatic N) is 2. The Morgan fingerprint density at radius 3 is 2.33 bits per heavy atom. The molecule has 1 aromatic heterocycles. The highest BCUT2D eigenvalue weighted by Gasteiger charge is 2.24. The molecule has 0 aliphatic heterocycles. The van der Waals surface area contributed by atoms with E-state index < -0.39 is 0 Å². The van der Waals surface area contributed by atoms with Crippen molar-refractivity contribution < 1.29 is 5.11 Å². The van der Waals surface area contributed by atoms with Crippen LogP contribution in [0.25, 0.3) is 0 Å². The van der Waals surface area contributed by atoms with E-state index in [1.165, 1.54) is 11.5 Å². The van der Waals surface area contributed by atoms with Crippen LogP contribution in [0, 0.1) is 0 Å². The van der Waals surface area contributed by atoms with Crippen LogP contribution in [0.1, 0.15) is 57.8 Å². The van der Waals surface area contributed by atoms with Gasteiger partial charge in [0.05, 0.1) is 6.10 Å². The Morgan fingerprint density at radius 1 is 1.40 bits per heavy atom. The molecule has 0 fully saturated rings. The molecule has 2 atom stereocenters. The molecule has 3 nitrogen and oxygen atoms in total. The van der Waals surface area contributed by atoms with E-state index in [1.807, 2.05) is 6.92 Å². The second-order valence-electron chi connectivity index (χ2n) is 4.96. The summed E-state index contributed by atoms with van der Waals surface area (Å²) in [6.45, 7) is 10.2. The molecule has 0 radical (unpaired) electrons. The van der Waals surface area contributed by atoms with Crippen molar-refractivity contribution in [1.82, 2.24) is 9.36 Å². The monoisotopic (exact) mass is 228 g/mol. The van der Waals surface area contributed by atoms with Gasteiger partial charge < -0.3 is 5.11 Å². The summed E-state index contributed by atoms with van der Waals surface area (Å²) in [6.07, 6.45) is 0.548. The number of aromatic nitrogens is 2. The summed E-state index contributed by atoms with van der Waals surface area (Å²) in [6, 6.07) is 0. The van der Waals surface area contributed by atoms with Crippen LogP contribution in [-0.4, -0.2) is 20.6 Å². The van der Waals surface area contributed by atoms with E-state index >= 15 is 0 Å². The highest BCUT2D eigenvalue weighted by molar-refractivity contribution is 7.05. The topological polar surface area (TPSA) is 46.0 Å². The second kappa shape index (κ2) is 4.58. The molecule has 0 saturated heterocycles. The van der Waals surface area contributed by atoms with Gasteiger partial charge in [-0.15, -0.1) is 0 Å². The van der Waals surface area contributed by atoms with Crippen molar-refractivity contribution in [2.45, 2.75) is 58.5 Å². The predicted octanol–water partition coefficient (Wildman–Crippen LogP) is 2.71. The Bertz CT molecular complexity index is 315. The Labute approximate surface area is 95.7 Å². The minimum absolute atomic E-state index is 0.00820. The highest BCUT2D eigenvalue weighted by Crippen LogP contribution is 2.28. The van der Waals surface area contributed by atoms with Gasteiger partial charge in [0.15, 0.2) is 0 Å². The third-order valence-electron chi connectivity index (χ3n) is 2.45. The Hall–Kier alpha value is -0.480. The van der Waals surface area contributed by atoms with E-state index in [9.17, 15) is 5.11 Å². The second-order valence-corrected chi connectivity index (χ2v) is 5.74. The molecule has 0 spiro atoms. The lowest BCUT2D eigenvalue weighted by atomic mass is 9.96. The minimum Gasteiger partial charge on any atom is -0.393 e. The maximum absolute atomic E-state index is 9.62. The summed E-state index contributed by atoms with van der Waals surface area (Å²) in [7, 11) is 0.